The van der Waals surface area contributed by atoms with Crippen LogP contribution < -0.4 is 5.73 Å². The van der Waals surface area contributed by atoms with E-state index in [0.717, 1.165) is 17.1 Å². The summed E-state index contributed by atoms with van der Waals surface area (Å²) in [6, 6.07) is 0. The molecule has 0 amide bonds. The van der Waals surface area contributed by atoms with Gasteiger partial charge in [0.2, 0.25) is 5.76 Å². The predicted octanol–water partition coefficient (Wildman–Crippen LogP) is 1.45. The third kappa shape index (κ3) is 1.78. The highest BCUT2D eigenvalue weighted by Crippen LogP contribution is 2.24. The van der Waals surface area contributed by atoms with Gasteiger partial charge in [-0.3, -0.25) is 0 Å². The first-order valence-electron chi connectivity index (χ1n) is 4.79. The number of oxazole rings is 2. The summed E-state index contributed by atoms with van der Waals surface area (Å²) < 4.78 is 10.8. The van der Waals surface area contributed by atoms with Crippen LogP contribution in [0.2, 0.25) is 0 Å². The largest absolute Gasteiger partial charge is 0.438 e. The number of nitrogens with two attached hydrogens (primary N) is 1. The van der Waals surface area contributed by atoms with Gasteiger partial charge in [-0.25, -0.2) is 9.97 Å². The molecule has 2 rings (SSSR count). The lowest BCUT2D eigenvalue weighted by atomic mass is 10.3. The second-order valence-electron chi connectivity index (χ2n) is 3.33. The molecule has 5 nitrogen and oxygen atoms in total. The van der Waals surface area contributed by atoms with E-state index in [4.69, 9.17) is 14.6 Å². The van der Waals surface area contributed by atoms with Gasteiger partial charge in [-0.15, -0.1) is 0 Å². The van der Waals surface area contributed by atoms with Gasteiger partial charge in [-0.1, -0.05) is 0 Å². The van der Waals surface area contributed by atoms with E-state index in [1.165, 1.54) is 6.39 Å². The van der Waals surface area contributed by atoms with Crippen LogP contribution in [0.1, 0.15) is 17.1 Å². The number of aryl methyl sites for hydroxylation is 2. The molecule has 15 heavy (non-hydrogen) atoms. The molecule has 80 valence electrons. The fourth-order valence-electron chi connectivity index (χ4n) is 1.40. The zero-order valence-electron chi connectivity index (χ0n) is 8.78. The smallest absolute Gasteiger partial charge is 0.265 e. The maximum atomic E-state index is 5.56. The van der Waals surface area contributed by atoms with Crippen molar-refractivity contribution in [3.63, 3.8) is 0 Å². The Balaban J connectivity index is 2.38. The molecule has 2 aromatic rings. The molecule has 0 saturated heterocycles. The van der Waals surface area contributed by atoms with E-state index in [2.05, 4.69) is 9.97 Å². The zero-order chi connectivity index (χ0) is 10.8. The van der Waals surface area contributed by atoms with Gasteiger partial charge in [0.1, 0.15) is 5.76 Å². The standard InChI is InChI=1S/C10H13N3O2/c1-6-8(3-4-11)15-10(13-6)9-7(2)12-5-14-9/h5H,3-4,11H2,1-2H3. The molecule has 0 bridgehead atoms. The third-order valence-electron chi connectivity index (χ3n) is 2.20. The van der Waals surface area contributed by atoms with Gasteiger partial charge < -0.3 is 14.6 Å². The second-order valence-corrected chi connectivity index (χ2v) is 3.33. The van der Waals surface area contributed by atoms with Crippen molar-refractivity contribution in [2.24, 2.45) is 5.73 Å². The average Bonchev–Trinajstić information content (AvgIpc) is 2.75. The minimum atomic E-state index is 0.478. The van der Waals surface area contributed by atoms with Crippen LogP contribution in [0.5, 0.6) is 0 Å². The van der Waals surface area contributed by atoms with Gasteiger partial charge in [0.05, 0.1) is 11.4 Å². The quantitative estimate of drug-likeness (QED) is 0.824. The van der Waals surface area contributed by atoms with E-state index in [-0.39, 0.29) is 0 Å². The first kappa shape index (κ1) is 9.92. The summed E-state index contributed by atoms with van der Waals surface area (Å²) in [6.07, 6.45) is 2.07. The molecule has 0 fully saturated rings. The first-order valence-corrected chi connectivity index (χ1v) is 4.79. The van der Waals surface area contributed by atoms with E-state index in [0.29, 0.717) is 24.6 Å². The van der Waals surface area contributed by atoms with Gasteiger partial charge in [0.25, 0.3) is 5.89 Å². The summed E-state index contributed by atoms with van der Waals surface area (Å²) in [6.45, 7) is 4.29. The Labute approximate surface area is 87.3 Å². The van der Waals surface area contributed by atoms with Crippen LogP contribution in [0.25, 0.3) is 11.7 Å². The fraction of sp³-hybridized carbons (Fsp3) is 0.400. The topological polar surface area (TPSA) is 78.1 Å². The normalized spacial score (nSPS) is 10.9. The molecule has 0 unspecified atom stereocenters. The van der Waals surface area contributed by atoms with Crippen LogP contribution in [0.15, 0.2) is 15.2 Å². The molecule has 0 aromatic carbocycles. The van der Waals surface area contributed by atoms with Crippen molar-refractivity contribution >= 4 is 0 Å². The van der Waals surface area contributed by atoms with Crippen molar-refractivity contribution in [2.45, 2.75) is 20.3 Å². The number of nitrogens with zero attached hydrogens (tertiary/aromatic N) is 2. The van der Waals surface area contributed by atoms with Crippen LogP contribution in [0, 0.1) is 13.8 Å². The van der Waals surface area contributed by atoms with Crippen molar-refractivity contribution in [3.05, 3.63) is 23.5 Å². The lowest BCUT2D eigenvalue weighted by Crippen LogP contribution is -2.02. The zero-order valence-corrected chi connectivity index (χ0v) is 8.78. The lowest BCUT2D eigenvalue weighted by Gasteiger charge is -1.91. The monoisotopic (exact) mass is 207 g/mol. The molecule has 0 atom stereocenters. The summed E-state index contributed by atoms with van der Waals surface area (Å²) >= 11 is 0. The fourth-order valence-corrected chi connectivity index (χ4v) is 1.40. The highest BCUT2D eigenvalue weighted by molar-refractivity contribution is 5.48. The van der Waals surface area contributed by atoms with Crippen LogP contribution in [-0.4, -0.2) is 16.5 Å². The van der Waals surface area contributed by atoms with Gasteiger partial charge >= 0.3 is 0 Å². The molecule has 2 N–H and O–H groups in total. The summed E-state index contributed by atoms with van der Waals surface area (Å²) in [7, 11) is 0. The Hall–Kier alpha value is -1.62. The molecule has 2 aromatic heterocycles. The molecule has 0 saturated carbocycles. The molecule has 5 heteroatoms. The van der Waals surface area contributed by atoms with Gasteiger partial charge in [0.15, 0.2) is 6.39 Å². The number of hydrogen-bond donors (Lipinski definition) is 1. The Morgan fingerprint density at radius 1 is 1.33 bits per heavy atom. The average molecular weight is 207 g/mol. The van der Waals surface area contributed by atoms with Gasteiger partial charge in [-0.05, 0) is 20.4 Å². The Bertz CT molecular complexity index is 459. The SMILES string of the molecule is Cc1nc(-c2ocnc2C)oc1CCN. The van der Waals surface area contributed by atoms with E-state index in [1.54, 1.807) is 0 Å². The van der Waals surface area contributed by atoms with Crippen LogP contribution >= 0.6 is 0 Å². The van der Waals surface area contributed by atoms with Crippen molar-refractivity contribution in [1.29, 1.82) is 0 Å². The molecule has 0 radical (unpaired) electrons. The van der Waals surface area contributed by atoms with Crippen molar-refractivity contribution in [3.8, 4) is 11.7 Å². The second kappa shape index (κ2) is 3.86. The van der Waals surface area contributed by atoms with Crippen molar-refractivity contribution in [1.82, 2.24) is 9.97 Å². The summed E-state index contributed by atoms with van der Waals surface area (Å²) in [5.41, 5.74) is 7.09. The van der Waals surface area contributed by atoms with E-state index < -0.39 is 0 Å². The van der Waals surface area contributed by atoms with Crippen molar-refractivity contribution < 1.29 is 8.83 Å². The summed E-state index contributed by atoms with van der Waals surface area (Å²) in [5, 5.41) is 0. The molecule has 0 spiro atoms. The molecule has 0 aliphatic carbocycles. The first-order chi connectivity index (χ1) is 7.22. The molecular formula is C10H13N3O2. The van der Waals surface area contributed by atoms with E-state index in [1.807, 2.05) is 13.8 Å². The van der Waals surface area contributed by atoms with E-state index >= 15 is 0 Å². The van der Waals surface area contributed by atoms with Crippen LogP contribution in [0.3, 0.4) is 0 Å². The van der Waals surface area contributed by atoms with Gasteiger partial charge in [-0.2, -0.15) is 0 Å². The lowest BCUT2D eigenvalue weighted by molar-refractivity contribution is 0.484. The third-order valence-corrected chi connectivity index (χ3v) is 2.20. The highest BCUT2D eigenvalue weighted by Gasteiger charge is 2.15. The van der Waals surface area contributed by atoms with E-state index in [9.17, 15) is 0 Å². The number of rotatable bonds is 3. The Kier molecular flexibility index (Phi) is 2.55. The number of aromatic nitrogens is 2. The minimum absolute atomic E-state index is 0.478. The molecule has 0 aliphatic rings. The predicted molar refractivity (Wildman–Crippen MR) is 54.2 cm³/mol. The molecule has 0 aliphatic heterocycles. The highest BCUT2D eigenvalue weighted by atomic mass is 16.4. The van der Waals surface area contributed by atoms with Crippen LogP contribution in [0.4, 0.5) is 0 Å². The maximum Gasteiger partial charge on any atom is 0.265 e. The minimum Gasteiger partial charge on any atom is -0.438 e. The van der Waals surface area contributed by atoms with Crippen molar-refractivity contribution in [2.75, 3.05) is 6.54 Å². The maximum absolute atomic E-state index is 5.56. The molecule has 2 heterocycles. The Morgan fingerprint density at radius 2 is 2.13 bits per heavy atom. The summed E-state index contributed by atoms with van der Waals surface area (Å²) in [5.74, 6) is 1.87. The van der Waals surface area contributed by atoms with Gasteiger partial charge in [0, 0.05) is 6.42 Å². The van der Waals surface area contributed by atoms with Crippen LogP contribution in [-0.2, 0) is 6.42 Å². The Morgan fingerprint density at radius 3 is 2.73 bits per heavy atom. The molecular weight excluding hydrogens is 194 g/mol. The summed E-state index contributed by atoms with van der Waals surface area (Å²) in [4.78, 5) is 8.26. The number of hydrogen-bond acceptors (Lipinski definition) is 5.